The SMILES string of the molecule is C[C@@H]1CN(c2cc(-c3n[nH]c4ccc(-c5cncnc5)cc34)ncn2)C[C@H](C)O1. The van der Waals surface area contributed by atoms with Gasteiger partial charge in [-0.05, 0) is 31.5 Å². The van der Waals surface area contributed by atoms with E-state index in [1.165, 1.54) is 6.33 Å². The number of H-pyrrole nitrogens is 1. The van der Waals surface area contributed by atoms with E-state index in [1.54, 1.807) is 18.7 Å². The Hall–Kier alpha value is -3.39. The van der Waals surface area contributed by atoms with Crippen LogP contribution in [0.25, 0.3) is 33.4 Å². The van der Waals surface area contributed by atoms with E-state index < -0.39 is 0 Å². The van der Waals surface area contributed by atoms with Crippen LogP contribution in [0.5, 0.6) is 0 Å². The van der Waals surface area contributed by atoms with E-state index in [1.807, 2.05) is 18.2 Å². The third kappa shape index (κ3) is 3.42. The van der Waals surface area contributed by atoms with Gasteiger partial charge in [-0.2, -0.15) is 5.10 Å². The number of hydrogen-bond acceptors (Lipinski definition) is 7. The standard InChI is InChI=1S/C21H21N7O/c1-13-9-28(10-14(2)29-13)20-6-19(24-12-25-20)21-17-5-15(3-4-18(17)26-27-21)16-7-22-11-23-8-16/h3-8,11-14H,9-10H2,1-2H3,(H,26,27)/t13-,14+. The third-order valence-corrected chi connectivity index (χ3v) is 5.10. The molecule has 8 nitrogen and oxygen atoms in total. The summed E-state index contributed by atoms with van der Waals surface area (Å²) in [5.74, 6) is 0.890. The molecule has 2 atom stereocenters. The van der Waals surface area contributed by atoms with Gasteiger partial charge in [-0.15, -0.1) is 0 Å². The fraction of sp³-hybridized carbons (Fsp3) is 0.286. The Bertz CT molecular complexity index is 1130. The molecule has 4 aromatic rings. The van der Waals surface area contributed by atoms with Crippen LogP contribution in [0.2, 0.25) is 0 Å². The summed E-state index contributed by atoms with van der Waals surface area (Å²) in [6.45, 7) is 5.78. The fourth-order valence-corrected chi connectivity index (χ4v) is 3.85. The number of morpholine rings is 1. The highest BCUT2D eigenvalue weighted by molar-refractivity contribution is 5.95. The van der Waals surface area contributed by atoms with Crippen molar-refractivity contribution in [2.75, 3.05) is 18.0 Å². The molecular weight excluding hydrogens is 366 g/mol. The molecule has 0 bridgehead atoms. The van der Waals surface area contributed by atoms with Gasteiger partial charge in [0.1, 0.15) is 24.2 Å². The molecule has 1 aromatic carbocycles. The van der Waals surface area contributed by atoms with Crippen LogP contribution in [0.4, 0.5) is 5.82 Å². The van der Waals surface area contributed by atoms with E-state index in [2.05, 4.69) is 54.9 Å². The molecule has 1 aliphatic heterocycles. The summed E-state index contributed by atoms with van der Waals surface area (Å²) >= 11 is 0. The first-order valence-electron chi connectivity index (χ1n) is 9.64. The Morgan fingerprint density at radius 2 is 1.76 bits per heavy atom. The van der Waals surface area contributed by atoms with Crippen molar-refractivity contribution in [3.8, 4) is 22.5 Å². The smallest absolute Gasteiger partial charge is 0.132 e. The highest BCUT2D eigenvalue weighted by Gasteiger charge is 2.24. The zero-order valence-electron chi connectivity index (χ0n) is 16.3. The van der Waals surface area contributed by atoms with Crippen LogP contribution in [-0.2, 0) is 4.74 Å². The normalized spacial score (nSPS) is 19.6. The van der Waals surface area contributed by atoms with E-state index in [0.717, 1.165) is 52.3 Å². The van der Waals surface area contributed by atoms with Crippen molar-refractivity contribution in [1.82, 2.24) is 30.1 Å². The van der Waals surface area contributed by atoms with E-state index in [4.69, 9.17) is 4.74 Å². The maximum Gasteiger partial charge on any atom is 0.132 e. The van der Waals surface area contributed by atoms with Crippen molar-refractivity contribution in [2.24, 2.45) is 0 Å². The summed E-state index contributed by atoms with van der Waals surface area (Å²) in [6.07, 6.45) is 7.07. The first kappa shape index (κ1) is 17.7. The number of aromatic nitrogens is 6. The number of anilines is 1. The lowest BCUT2D eigenvalue weighted by atomic mass is 10.0. The Morgan fingerprint density at radius 1 is 0.966 bits per heavy atom. The zero-order chi connectivity index (χ0) is 19.8. The van der Waals surface area contributed by atoms with E-state index in [-0.39, 0.29) is 12.2 Å². The van der Waals surface area contributed by atoms with Gasteiger partial charge < -0.3 is 9.64 Å². The van der Waals surface area contributed by atoms with Crippen LogP contribution >= 0.6 is 0 Å². The minimum absolute atomic E-state index is 0.166. The Balaban J connectivity index is 1.54. The van der Waals surface area contributed by atoms with Crippen molar-refractivity contribution >= 4 is 16.7 Å². The van der Waals surface area contributed by atoms with Crippen LogP contribution in [0, 0.1) is 0 Å². The molecule has 29 heavy (non-hydrogen) atoms. The molecule has 0 unspecified atom stereocenters. The molecule has 8 heteroatoms. The zero-order valence-corrected chi connectivity index (χ0v) is 16.3. The fourth-order valence-electron chi connectivity index (χ4n) is 3.85. The van der Waals surface area contributed by atoms with Gasteiger partial charge in [-0.1, -0.05) is 6.07 Å². The highest BCUT2D eigenvalue weighted by Crippen LogP contribution is 2.30. The van der Waals surface area contributed by atoms with Gasteiger partial charge in [0.15, 0.2) is 0 Å². The Morgan fingerprint density at radius 3 is 2.55 bits per heavy atom. The summed E-state index contributed by atoms with van der Waals surface area (Å²) in [7, 11) is 0. The number of benzene rings is 1. The molecular formula is C21H21N7O. The lowest BCUT2D eigenvalue weighted by Gasteiger charge is -2.36. The van der Waals surface area contributed by atoms with Gasteiger partial charge >= 0.3 is 0 Å². The summed E-state index contributed by atoms with van der Waals surface area (Å²) < 4.78 is 5.84. The van der Waals surface area contributed by atoms with Crippen molar-refractivity contribution in [2.45, 2.75) is 26.1 Å². The lowest BCUT2D eigenvalue weighted by molar-refractivity contribution is -0.00546. The Kier molecular flexibility index (Phi) is 4.40. The summed E-state index contributed by atoms with van der Waals surface area (Å²) in [5.41, 5.74) is 4.53. The molecule has 1 N–H and O–H groups in total. The van der Waals surface area contributed by atoms with Gasteiger partial charge in [0.2, 0.25) is 0 Å². The van der Waals surface area contributed by atoms with Gasteiger partial charge in [-0.3, -0.25) is 5.10 Å². The number of hydrogen-bond donors (Lipinski definition) is 1. The largest absolute Gasteiger partial charge is 0.372 e. The van der Waals surface area contributed by atoms with Crippen LogP contribution in [0.3, 0.4) is 0 Å². The number of nitrogens with zero attached hydrogens (tertiary/aromatic N) is 6. The average Bonchev–Trinajstić information content (AvgIpc) is 3.17. The monoisotopic (exact) mass is 387 g/mol. The summed E-state index contributed by atoms with van der Waals surface area (Å²) in [6, 6.07) is 8.14. The number of aromatic amines is 1. The second-order valence-corrected chi connectivity index (χ2v) is 7.38. The highest BCUT2D eigenvalue weighted by atomic mass is 16.5. The molecule has 0 amide bonds. The third-order valence-electron chi connectivity index (χ3n) is 5.10. The van der Waals surface area contributed by atoms with E-state index in [0.29, 0.717) is 0 Å². The second-order valence-electron chi connectivity index (χ2n) is 7.38. The first-order valence-corrected chi connectivity index (χ1v) is 9.64. The molecule has 5 rings (SSSR count). The van der Waals surface area contributed by atoms with Gasteiger partial charge in [0, 0.05) is 42.5 Å². The molecule has 3 aromatic heterocycles. The molecule has 0 spiro atoms. The van der Waals surface area contributed by atoms with Gasteiger partial charge in [0.25, 0.3) is 0 Å². The van der Waals surface area contributed by atoms with Gasteiger partial charge in [-0.25, -0.2) is 19.9 Å². The maximum absolute atomic E-state index is 5.84. The number of fused-ring (bicyclic) bond motifs is 1. The van der Waals surface area contributed by atoms with Crippen molar-refractivity contribution in [3.05, 3.63) is 49.3 Å². The van der Waals surface area contributed by atoms with E-state index >= 15 is 0 Å². The van der Waals surface area contributed by atoms with Crippen LogP contribution in [0.15, 0.2) is 49.3 Å². The second kappa shape index (κ2) is 7.21. The summed E-state index contributed by atoms with van der Waals surface area (Å²) in [4.78, 5) is 19.5. The predicted molar refractivity (Wildman–Crippen MR) is 110 cm³/mol. The topological polar surface area (TPSA) is 92.7 Å². The molecule has 1 saturated heterocycles. The quantitative estimate of drug-likeness (QED) is 0.577. The summed E-state index contributed by atoms with van der Waals surface area (Å²) in [5, 5.41) is 8.63. The molecule has 4 heterocycles. The average molecular weight is 387 g/mol. The molecule has 1 fully saturated rings. The molecule has 146 valence electrons. The number of nitrogens with one attached hydrogen (secondary N) is 1. The van der Waals surface area contributed by atoms with Crippen molar-refractivity contribution in [3.63, 3.8) is 0 Å². The number of rotatable bonds is 3. The number of ether oxygens (including phenoxy) is 1. The predicted octanol–water partition coefficient (Wildman–Crippen LogP) is 3.09. The minimum atomic E-state index is 0.166. The molecule has 0 saturated carbocycles. The van der Waals surface area contributed by atoms with E-state index in [9.17, 15) is 0 Å². The lowest BCUT2D eigenvalue weighted by Crippen LogP contribution is -2.45. The van der Waals surface area contributed by atoms with Crippen molar-refractivity contribution < 1.29 is 4.74 Å². The molecule has 0 radical (unpaired) electrons. The van der Waals surface area contributed by atoms with Gasteiger partial charge in [0.05, 0.1) is 23.4 Å². The van der Waals surface area contributed by atoms with Crippen LogP contribution in [-0.4, -0.2) is 55.4 Å². The van der Waals surface area contributed by atoms with Crippen molar-refractivity contribution in [1.29, 1.82) is 0 Å². The van der Waals surface area contributed by atoms with Crippen LogP contribution in [0.1, 0.15) is 13.8 Å². The minimum Gasteiger partial charge on any atom is -0.372 e. The molecule has 0 aliphatic carbocycles. The maximum atomic E-state index is 5.84. The Labute approximate surface area is 168 Å². The van der Waals surface area contributed by atoms with Crippen LogP contribution < -0.4 is 4.90 Å². The first-order chi connectivity index (χ1) is 14.2. The molecule has 1 aliphatic rings.